The van der Waals surface area contributed by atoms with Crippen molar-refractivity contribution < 1.29 is 9.53 Å². The summed E-state index contributed by atoms with van der Waals surface area (Å²) < 4.78 is 7.68. The van der Waals surface area contributed by atoms with Crippen LogP contribution < -0.4 is 5.32 Å². The zero-order valence-electron chi connectivity index (χ0n) is 15.3. The van der Waals surface area contributed by atoms with Gasteiger partial charge in [0.05, 0.1) is 18.4 Å². The second-order valence-corrected chi connectivity index (χ2v) is 7.15. The Bertz CT molecular complexity index is 738. The van der Waals surface area contributed by atoms with Crippen LogP contribution in [0.4, 0.5) is 5.69 Å². The average molecular weight is 341 g/mol. The van der Waals surface area contributed by atoms with Crippen LogP contribution in [-0.2, 0) is 18.4 Å². The molecule has 134 valence electrons. The molecule has 1 aromatic heterocycles. The van der Waals surface area contributed by atoms with E-state index in [-0.39, 0.29) is 5.91 Å². The zero-order chi connectivity index (χ0) is 17.8. The maximum atomic E-state index is 12.4. The Hall–Kier alpha value is -2.14. The molecule has 5 heteroatoms. The molecule has 1 heterocycles. The summed E-state index contributed by atoms with van der Waals surface area (Å²) in [6.07, 6.45) is 5.23. The highest BCUT2D eigenvalue weighted by Crippen LogP contribution is 2.26. The summed E-state index contributed by atoms with van der Waals surface area (Å²) in [6.45, 7) is 4.76. The van der Waals surface area contributed by atoms with Crippen LogP contribution in [0.5, 0.6) is 0 Å². The van der Waals surface area contributed by atoms with Gasteiger partial charge in [-0.15, -0.1) is 0 Å². The van der Waals surface area contributed by atoms with Crippen molar-refractivity contribution in [3.8, 4) is 0 Å². The first-order valence-electron chi connectivity index (χ1n) is 9.04. The molecule has 0 radical (unpaired) electrons. The monoisotopic (exact) mass is 341 g/mol. The third-order valence-corrected chi connectivity index (χ3v) is 4.79. The Labute approximate surface area is 149 Å². The molecule has 3 rings (SSSR count). The van der Waals surface area contributed by atoms with Crippen LogP contribution >= 0.6 is 0 Å². The number of nitrogens with one attached hydrogen (secondary N) is 1. The van der Waals surface area contributed by atoms with E-state index in [1.807, 2.05) is 31.2 Å². The Morgan fingerprint density at radius 3 is 2.92 bits per heavy atom. The molecule has 2 aromatic rings. The van der Waals surface area contributed by atoms with Gasteiger partial charge >= 0.3 is 0 Å². The molecule has 1 aromatic carbocycles. The first kappa shape index (κ1) is 17.7. The van der Waals surface area contributed by atoms with Crippen LogP contribution in [0, 0.1) is 12.8 Å². The number of anilines is 1. The fourth-order valence-corrected chi connectivity index (χ4v) is 3.50. The van der Waals surface area contributed by atoms with E-state index in [0.717, 1.165) is 35.7 Å². The molecular formula is C20H27N3O2. The number of benzene rings is 1. The van der Waals surface area contributed by atoms with E-state index in [0.29, 0.717) is 18.4 Å². The third kappa shape index (κ3) is 4.69. The van der Waals surface area contributed by atoms with Crippen LogP contribution in [0.2, 0.25) is 0 Å². The summed E-state index contributed by atoms with van der Waals surface area (Å²) >= 11 is 0. The summed E-state index contributed by atoms with van der Waals surface area (Å²) in [4.78, 5) is 12.4. The standard InChI is InChI=1S/C20H27N3O2/c1-14-6-4-9-18(10-14)25-13-16-7-5-8-17(12-16)21-20(24)19-11-15(2)22-23(19)3/h5,7-8,11-12,14,18H,4,6,9-10,13H2,1-3H3,(H,21,24)/t14-,18+/m1/s1. The maximum Gasteiger partial charge on any atom is 0.273 e. The van der Waals surface area contributed by atoms with Gasteiger partial charge in [-0.2, -0.15) is 5.10 Å². The van der Waals surface area contributed by atoms with Gasteiger partial charge in [0, 0.05) is 12.7 Å². The van der Waals surface area contributed by atoms with Gasteiger partial charge in [0.2, 0.25) is 0 Å². The molecular weight excluding hydrogens is 314 g/mol. The van der Waals surface area contributed by atoms with Crippen molar-refractivity contribution in [1.29, 1.82) is 0 Å². The summed E-state index contributed by atoms with van der Waals surface area (Å²) in [5.74, 6) is 0.606. The topological polar surface area (TPSA) is 56.1 Å². The van der Waals surface area contributed by atoms with Crippen molar-refractivity contribution >= 4 is 11.6 Å². The molecule has 5 nitrogen and oxygen atoms in total. The highest BCUT2D eigenvalue weighted by Gasteiger charge is 2.19. The predicted octanol–water partition coefficient (Wildman–Crippen LogP) is 4.08. The molecule has 1 aliphatic carbocycles. The Morgan fingerprint density at radius 2 is 2.20 bits per heavy atom. The lowest BCUT2D eigenvalue weighted by atomic mass is 9.89. The number of hydrogen-bond donors (Lipinski definition) is 1. The molecule has 1 N–H and O–H groups in total. The number of carbonyl (C=O) groups excluding carboxylic acids is 1. The van der Waals surface area contributed by atoms with E-state index >= 15 is 0 Å². The number of hydrogen-bond acceptors (Lipinski definition) is 3. The van der Waals surface area contributed by atoms with Gasteiger partial charge in [-0.05, 0) is 49.4 Å². The fourth-order valence-electron chi connectivity index (χ4n) is 3.50. The molecule has 0 bridgehead atoms. The Balaban J connectivity index is 1.59. The molecule has 1 aliphatic rings. The molecule has 0 saturated heterocycles. The van der Waals surface area contributed by atoms with Crippen LogP contribution in [0.25, 0.3) is 0 Å². The van der Waals surface area contributed by atoms with Gasteiger partial charge in [-0.25, -0.2) is 0 Å². The summed E-state index contributed by atoms with van der Waals surface area (Å²) in [6, 6.07) is 9.65. The Morgan fingerprint density at radius 1 is 1.36 bits per heavy atom. The van der Waals surface area contributed by atoms with Crippen LogP contribution in [-0.4, -0.2) is 21.8 Å². The molecule has 1 fully saturated rings. The van der Waals surface area contributed by atoms with E-state index in [2.05, 4.69) is 17.3 Å². The highest BCUT2D eigenvalue weighted by atomic mass is 16.5. The van der Waals surface area contributed by atoms with Crippen molar-refractivity contribution in [2.45, 2.75) is 52.2 Å². The van der Waals surface area contributed by atoms with E-state index in [1.54, 1.807) is 17.8 Å². The van der Waals surface area contributed by atoms with Crippen molar-refractivity contribution in [3.63, 3.8) is 0 Å². The predicted molar refractivity (Wildman–Crippen MR) is 98.5 cm³/mol. The van der Waals surface area contributed by atoms with E-state index in [9.17, 15) is 4.79 Å². The van der Waals surface area contributed by atoms with Gasteiger partial charge in [-0.3, -0.25) is 9.48 Å². The number of carbonyl (C=O) groups is 1. The average Bonchev–Trinajstić information content (AvgIpc) is 2.92. The van der Waals surface area contributed by atoms with Crippen molar-refractivity contribution in [2.75, 3.05) is 5.32 Å². The second-order valence-electron chi connectivity index (χ2n) is 7.15. The van der Waals surface area contributed by atoms with Crippen molar-refractivity contribution in [3.05, 3.63) is 47.3 Å². The largest absolute Gasteiger partial charge is 0.374 e. The smallest absolute Gasteiger partial charge is 0.273 e. The normalized spacial score (nSPS) is 20.4. The fraction of sp³-hybridized carbons (Fsp3) is 0.500. The number of amides is 1. The molecule has 2 atom stereocenters. The highest BCUT2D eigenvalue weighted by molar-refractivity contribution is 6.03. The lowest BCUT2D eigenvalue weighted by Gasteiger charge is -2.26. The minimum absolute atomic E-state index is 0.151. The van der Waals surface area contributed by atoms with Gasteiger partial charge in [0.1, 0.15) is 5.69 Å². The molecule has 1 amide bonds. The number of ether oxygens (including phenoxy) is 1. The third-order valence-electron chi connectivity index (χ3n) is 4.79. The molecule has 0 aliphatic heterocycles. The van der Waals surface area contributed by atoms with Crippen LogP contribution in [0.1, 0.15) is 54.4 Å². The van der Waals surface area contributed by atoms with Gasteiger partial charge in [0.15, 0.2) is 0 Å². The summed E-state index contributed by atoms with van der Waals surface area (Å²) in [5.41, 5.74) is 3.24. The quantitative estimate of drug-likeness (QED) is 0.891. The molecule has 0 unspecified atom stereocenters. The number of aryl methyl sites for hydroxylation is 2. The van der Waals surface area contributed by atoms with Crippen LogP contribution in [0.15, 0.2) is 30.3 Å². The lowest BCUT2D eigenvalue weighted by Crippen LogP contribution is -2.21. The van der Waals surface area contributed by atoms with Crippen molar-refractivity contribution in [1.82, 2.24) is 9.78 Å². The molecule has 25 heavy (non-hydrogen) atoms. The van der Waals surface area contributed by atoms with Crippen molar-refractivity contribution in [2.24, 2.45) is 13.0 Å². The number of aromatic nitrogens is 2. The first-order chi connectivity index (χ1) is 12.0. The molecule has 1 saturated carbocycles. The maximum absolute atomic E-state index is 12.4. The SMILES string of the molecule is Cc1cc(C(=O)Nc2cccc(CO[C@H]3CCC[C@@H](C)C3)c2)n(C)n1. The number of nitrogens with zero attached hydrogens (tertiary/aromatic N) is 2. The minimum Gasteiger partial charge on any atom is -0.374 e. The first-order valence-corrected chi connectivity index (χ1v) is 9.04. The summed E-state index contributed by atoms with van der Waals surface area (Å²) in [5, 5.41) is 7.16. The second kappa shape index (κ2) is 7.83. The zero-order valence-corrected chi connectivity index (χ0v) is 15.3. The van der Waals surface area contributed by atoms with Crippen LogP contribution in [0.3, 0.4) is 0 Å². The minimum atomic E-state index is -0.151. The lowest BCUT2D eigenvalue weighted by molar-refractivity contribution is 0.00468. The molecule has 0 spiro atoms. The summed E-state index contributed by atoms with van der Waals surface area (Å²) in [7, 11) is 1.78. The van der Waals surface area contributed by atoms with Gasteiger partial charge in [0.25, 0.3) is 5.91 Å². The van der Waals surface area contributed by atoms with E-state index in [4.69, 9.17) is 4.74 Å². The Kier molecular flexibility index (Phi) is 5.53. The number of rotatable bonds is 5. The van der Waals surface area contributed by atoms with E-state index in [1.165, 1.54) is 12.8 Å². The van der Waals surface area contributed by atoms with E-state index < -0.39 is 0 Å². The van der Waals surface area contributed by atoms with Gasteiger partial charge in [-0.1, -0.05) is 31.9 Å². The van der Waals surface area contributed by atoms with Gasteiger partial charge < -0.3 is 10.1 Å².